The molecule has 0 atom stereocenters. The number of pyridine rings is 1. The second-order valence-corrected chi connectivity index (χ2v) is 6.47. The van der Waals surface area contributed by atoms with Crippen molar-refractivity contribution in [2.24, 2.45) is 7.05 Å². The molecule has 0 aliphatic heterocycles. The van der Waals surface area contributed by atoms with Gasteiger partial charge < -0.3 is 0 Å². The van der Waals surface area contributed by atoms with E-state index < -0.39 is 11.6 Å². The summed E-state index contributed by atoms with van der Waals surface area (Å²) in [6.45, 7) is 1.85. The predicted molar refractivity (Wildman–Crippen MR) is 101 cm³/mol. The van der Waals surface area contributed by atoms with E-state index in [1.807, 2.05) is 6.92 Å². The summed E-state index contributed by atoms with van der Waals surface area (Å²) in [6, 6.07) is 12.3. The second kappa shape index (κ2) is 6.43. The van der Waals surface area contributed by atoms with Gasteiger partial charge in [-0.3, -0.25) is 9.36 Å². The van der Waals surface area contributed by atoms with Crippen molar-refractivity contribution in [3.63, 3.8) is 0 Å². The van der Waals surface area contributed by atoms with E-state index >= 15 is 0 Å². The first-order chi connectivity index (χ1) is 13.4. The number of nitrogens with zero attached hydrogens (tertiary/aromatic N) is 4. The van der Waals surface area contributed by atoms with Crippen LogP contribution in [0.1, 0.15) is 11.1 Å². The number of rotatable bonds is 2. The zero-order valence-corrected chi connectivity index (χ0v) is 15.1. The standard InChI is InChI=1S/C21H14F2N4O/c1-12-6-7-13(10-24)8-15(12)16-9-14-11-25-27(20(14)26(2)21(16)28)19-17(22)4-3-5-18(19)23/h3-9,11H,1-2H3. The first-order valence-corrected chi connectivity index (χ1v) is 8.45. The van der Waals surface area contributed by atoms with Crippen molar-refractivity contribution in [3.05, 3.63) is 81.8 Å². The van der Waals surface area contributed by atoms with Gasteiger partial charge in [-0.1, -0.05) is 12.1 Å². The van der Waals surface area contributed by atoms with Gasteiger partial charge >= 0.3 is 0 Å². The Bertz CT molecular complexity index is 1330. The lowest BCUT2D eigenvalue weighted by atomic mass is 9.99. The topological polar surface area (TPSA) is 63.6 Å². The molecule has 0 fully saturated rings. The zero-order valence-electron chi connectivity index (χ0n) is 15.1. The summed E-state index contributed by atoms with van der Waals surface area (Å²) in [5.74, 6) is -1.56. The van der Waals surface area contributed by atoms with Crippen LogP contribution in [0.2, 0.25) is 0 Å². The summed E-state index contributed by atoms with van der Waals surface area (Å²) in [5.41, 5.74) is 1.86. The first-order valence-electron chi connectivity index (χ1n) is 8.45. The molecule has 2 aromatic carbocycles. The highest BCUT2D eigenvalue weighted by Gasteiger charge is 2.19. The molecule has 4 rings (SSSR count). The summed E-state index contributed by atoms with van der Waals surface area (Å²) in [7, 11) is 1.52. The molecule has 2 heterocycles. The Balaban J connectivity index is 2.03. The van der Waals surface area contributed by atoms with Crippen LogP contribution >= 0.6 is 0 Å². The van der Waals surface area contributed by atoms with Gasteiger partial charge in [-0.15, -0.1) is 0 Å². The molecule has 0 saturated carbocycles. The van der Waals surface area contributed by atoms with E-state index in [0.717, 1.165) is 22.4 Å². The third-order valence-electron chi connectivity index (χ3n) is 4.73. The van der Waals surface area contributed by atoms with Crippen molar-refractivity contribution in [3.8, 4) is 22.9 Å². The van der Waals surface area contributed by atoms with Crippen LogP contribution in [-0.4, -0.2) is 14.3 Å². The lowest BCUT2D eigenvalue weighted by molar-refractivity contribution is 0.561. The number of aromatic nitrogens is 3. The monoisotopic (exact) mass is 376 g/mol. The second-order valence-electron chi connectivity index (χ2n) is 6.47. The van der Waals surface area contributed by atoms with Crippen molar-refractivity contribution in [2.75, 3.05) is 0 Å². The molecule has 0 amide bonds. The molecule has 0 saturated heterocycles. The molecular weight excluding hydrogens is 362 g/mol. The maximum absolute atomic E-state index is 14.2. The van der Waals surface area contributed by atoms with Crippen LogP contribution in [0.25, 0.3) is 27.8 Å². The molecule has 2 aromatic heterocycles. The third-order valence-corrected chi connectivity index (χ3v) is 4.73. The van der Waals surface area contributed by atoms with E-state index in [1.54, 1.807) is 24.3 Å². The highest BCUT2D eigenvalue weighted by Crippen LogP contribution is 2.27. The van der Waals surface area contributed by atoms with Crippen molar-refractivity contribution in [1.82, 2.24) is 14.3 Å². The Morgan fingerprint density at radius 1 is 1.07 bits per heavy atom. The minimum absolute atomic E-state index is 0.270. The number of benzene rings is 2. The molecule has 0 radical (unpaired) electrons. The van der Waals surface area contributed by atoms with Gasteiger partial charge in [-0.25, -0.2) is 13.5 Å². The van der Waals surface area contributed by atoms with Crippen LogP contribution in [0.15, 0.2) is 53.5 Å². The Morgan fingerprint density at radius 2 is 1.79 bits per heavy atom. The van der Waals surface area contributed by atoms with Gasteiger partial charge in [-0.05, 0) is 48.4 Å². The smallest absolute Gasteiger partial charge is 0.259 e. The van der Waals surface area contributed by atoms with E-state index in [-0.39, 0.29) is 16.9 Å². The Morgan fingerprint density at radius 3 is 2.46 bits per heavy atom. The number of fused-ring (bicyclic) bond motifs is 1. The fourth-order valence-corrected chi connectivity index (χ4v) is 3.32. The van der Waals surface area contributed by atoms with E-state index in [9.17, 15) is 13.6 Å². The molecule has 0 aliphatic rings. The quantitative estimate of drug-likeness (QED) is 0.534. The molecule has 5 nitrogen and oxygen atoms in total. The molecule has 7 heteroatoms. The van der Waals surface area contributed by atoms with E-state index in [0.29, 0.717) is 22.1 Å². The molecule has 0 N–H and O–H groups in total. The summed E-state index contributed by atoms with van der Waals surface area (Å²) in [6.07, 6.45) is 1.45. The van der Waals surface area contributed by atoms with E-state index in [4.69, 9.17) is 5.26 Å². The minimum Gasteiger partial charge on any atom is -0.295 e. The van der Waals surface area contributed by atoms with Crippen LogP contribution in [0, 0.1) is 29.9 Å². The van der Waals surface area contributed by atoms with Crippen LogP contribution in [0.5, 0.6) is 0 Å². The number of aryl methyl sites for hydroxylation is 2. The summed E-state index contributed by atoms with van der Waals surface area (Å²) < 4.78 is 30.9. The van der Waals surface area contributed by atoms with E-state index in [2.05, 4.69) is 11.2 Å². The van der Waals surface area contributed by atoms with Crippen molar-refractivity contribution in [1.29, 1.82) is 5.26 Å². The molecule has 0 bridgehead atoms. The van der Waals surface area contributed by atoms with Crippen LogP contribution in [0.3, 0.4) is 0 Å². The van der Waals surface area contributed by atoms with Gasteiger partial charge in [0.25, 0.3) is 5.56 Å². The maximum atomic E-state index is 14.2. The predicted octanol–water partition coefficient (Wildman–Crippen LogP) is 3.85. The number of para-hydroxylation sites is 1. The van der Waals surface area contributed by atoms with Crippen molar-refractivity contribution >= 4 is 11.0 Å². The lowest BCUT2D eigenvalue weighted by Crippen LogP contribution is -2.21. The molecule has 138 valence electrons. The lowest BCUT2D eigenvalue weighted by Gasteiger charge is -2.12. The third kappa shape index (κ3) is 2.58. The fraction of sp³-hybridized carbons (Fsp3) is 0.0952. The SMILES string of the molecule is Cc1ccc(C#N)cc1-c1cc2cnn(-c3c(F)cccc3F)c2n(C)c1=O. The molecular formula is C21H14F2N4O. The molecule has 28 heavy (non-hydrogen) atoms. The molecule has 4 aromatic rings. The normalized spacial score (nSPS) is 11.0. The first kappa shape index (κ1) is 17.6. The molecule has 0 spiro atoms. The Kier molecular flexibility index (Phi) is 4.04. The summed E-state index contributed by atoms with van der Waals surface area (Å²) in [5, 5.41) is 13.8. The Hall–Kier alpha value is -3.79. The Labute approximate surface area is 158 Å². The number of nitriles is 1. The number of halogens is 2. The van der Waals surface area contributed by atoms with Crippen LogP contribution in [-0.2, 0) is 7.05 Å². The van der Waals surface area contributed by atoms with Crippen molar-refractivity contribution in [2.45, 2.75) is 6.92 Å². The largest absolute Gasteiger partial charge is 0.295 e. The highest BCUT2D eigenvalue weighted by molar-refractivity contribution is 5.83. The van der Waals surface area contributed by atoms with Crippen LogP contribution in [0.4, 0.5) is 8.78 Å². The average Bonchev–Trinajstić information content (AvgIpc) is 3.09. The van der Waals surface area contributed by atoms with Gasteiger partial charge in [0, 0.05) is 18.0 Å². The number of hydrogen-bond acceptors (Lipinski definition) is 3. The van der Waals surface area contributed by atoms with Gasteiger partial charge in [0.15, 0.2) is 11.6 Å². The summed E-state index contributed by atoms with van der Waals surface area (Å²) in [4.78, 5) is 13.0. The number of hydrogen-bond donors (Lipinski definition) is 0. The molecule has 0 unspecified atom stereocenters. The zero-order chi connectivity index (χ0) is 20.0. The van der Waals surface area contributed by atoms with Gasteiger partial charge in [0.2, 0.25) is 0 Å². The van der Waals surface area contributed by atoms with Crippen LogP contribution < -0.4 is 5.56 Å². The maximum Gasteiger partial charge on any atom is 0.259 e. The fourth-order valence-electron chi connectivity index (χ4n) is 3.32. The van der Waals surface area contributed by atoms with E-state index in [1.165, 1.54) is 23.9 Å². The summed E-state index contributed by atoms with van der Waals surface area (Å²) >= 11 is 0. The minimum atomic E-state index is -0.779. The molecule has 0 aliphatic carbocycles. The van der Waals surface area contributed by atoms with Gasteiger partial charge in [0.1, 0.15) is 11.3 Å². The van der Waals surface area contributed by atoms with Gasteiger partial charge in [0.05, 0.1) is 17.8 Å². The van der Waals surface area contributed by atoms with Gasteiger partial charge in [-0.2, -0.15) is 10.4 Å². The van der Waals surface area contributed by atoms with Crippen molar-refractivity contribution < 1.29 is 8.78 Å². The average molecular weight is 376 g/mol. The highest BCUT2D eigenvalue weighted by atomic mass is 19.1.